The third-order valence-electron chi connectivity index (χ3n) is 8.02. The number of anilines is 2. The number of nitrogens with two attached hydrogens (primary N) is 1. The number of nitriles is 1. The summed E-state index contributed by atoms with van der Waals surface area (Å²) in [5, 5.41) is 10.4. The van der Waals surface area contributed by atoms with Gasteiger partial charge in [-0.3, -0.25) is 4.90 Å². The van der Waals surface area contributed by atoms with Gasteiger partial charge in [-0.05, 0) is 51.9 Å². The molecule has 0 unspecified atom stereocenters. The predicted octanol–water partition coefficient (Wildman–Crippen LogP) is 5.98. The lowest BCUT2D eigenvalue weighted by atomic mass is 9.96. The number of likely N-dealkylation sites (tertiary alicyclic amines) is 1. The number of benzene rings is 2. The van der Waals surface area contributed by atoms with Gasteiger partial charge in [-0.1, -0.05) is 17.7 Å². The molecule has 0 spiro atoms. The van der Waals surface area contributed by atoms with E-state index in [1.54, 1.807) is 0 Å². The third-order valence-corrected chi connectivity index (χ3v) is 9.40. The first-order valence-electron chi connectivity index (χ1n) is 13.0. The van der Waals surface area contributed by atoms with Gasteiger partial charge in [0, 0.05) is 24.0 Å². The number of nitrogen functional groups attached to an aromatic ring is 1. The molecular weight excluding hydrogens is 558 g/mol. The summed E-state index contributed by atoms with van der Waals surface area (Å²) in [5.41, 5.74) is 6.23. The van der Waals surface area contributed by atoms with Crippen molar-refractivity contribution in [1.29, 1.82) is 5.26 Å². The Balaban J connectivity index is 1.63. The van der Waals surface area contributed by atoms with Crippen LogP contribution in [-0.2, 0) is 0 Å². The lowest BCUT2D eigenvalue weighted by Gasteiger charge is -2.27. The molecule has 3 atom stereocenters. The zero-order chi connectivity index (χ0) is 28.5. The van der Waals surface area contributed by atoms with Crippen LogP contribution in [0.5, 0.6) is 11.8 Å². The monoisotopic (exact) mass is 584 g/mol. The number of rotatable bonds is 4. The first-order chi connectivity index (χ1) is 19.1. The highest BCUT2D eigenvalue weighted by atomic mass is 35.5. The summed E-state index contributed by atoms with van der Waals surface area (Å²) < 4.78 is 44.0. The van der Waals surface area contributed by atoms with Crippen molar-refractivity contribution < 1.29 is 18.3 Å². The lowest BCUT2D eigenvalue weighted by Crippen LogP contribution is -2.38. The average molecular weight is 585 g/mol. The van der Waals surface area contributed by atoms with Crippen molar-refractivity contribution in [2.75, 3.05) is 37.9 Å². The highest BCUT2D eigenvalue weighted by Crippen LogP contribution is 2.50. The zero-order valence-electron chi connectivity index (χ0n) is 22.4. The number of likely N-dealkylation sites (N-methyl/N-ethyl adjacent to an activating group) is 2. The van der Waals surface area contributed by atoms with E-state index >= 15 is 4.39 Å². The summed E-state index contributed by atoms with van der Waals surface area (Å²) in [6, 6.07) is 4.73. The van der Waals surface area contributed by atoms with E-state index in [4.69, 9.17) is 31.8 Å². The standard InChI is InChI=1S/C28H27ClF2N6O2S/c1-12-11-38-24-20-23(34-28(35-27(20)37(12)4)39-13(2)17-6-5-9-36(17)3)22(31)19(21(24)29)14-7-8-16(30)25-18(14)15(10-32)26(33)40-25/h7-8,12-13,17H,5-6,9,11,33H2,1-4H3/t12-,13+,17-/m0/s1. The van der Waals surface area contributed by atoms with Gasteiger partial charge in [0.2, 0.25) is 0 Å². The van der Waals surface area contributed by atoms with Gasteiger partial charge in [-0.25, -0.2) is 8.78 Å². The van der Waals surface area contributed by atoms with E-state index in [0.29, 0.717) is 11.2 Å². The van der Waals surface area contributed by atoms with Crippen LogP contribution < -0.4 is 20.1 Å². The molecule has 4 aromatic rings. The smallest absolute Gasteiger partial charge is 0.319 e. The quantitative estimate of drug-likeness (QED) is 0.313. The number of nitrogens with zero attached hydrogens (tertiary/aromatic N) is 5. The van der Waals surface area contributed by atoms with Crippen molar-refractivity contribution in [1.82, 2.24) is 14.9 Å². The van der Waals surface area contributed by atoms with E-state index in [1.807, 2.05) is 31.9 Å². The van der Waals surface area contributed by atoms with Crippen molar-refractivity contribution in [3.8, 4) is 29.0 Å². The molecule has 12 heteroatoms. The number of fused-ring (bicyclic) bond motifs is 1. The third kappa shape index (κ3) is 4.00. The van der Waals surface area contributed by atoms with Crippen molar-refractivity contribution in [2.24, 2.45) is 0 Å². The summed E-state index contributed by atoms with van der Waals surface area (Å²) in [5.74, 6) is -0.670. The van der Waals surface area contributed by atoms with Gasteiger partial charge in [-0.15, -0.1) is 11.3 Å². The highest BCUT2D eigenvalue weighted by Gasteiger charge is 2.34. The lowest BCUT2D eigenvalue weighted by molar-refractivity contribution is 0.112. The van der Waals surface area contributed by atoms with Gasteiger partial charge in [-0.2, -0.15) is 15.2 Å². The number of halogens is 3. The Bertz CT molecular complexity index is 1720. The van der Waals surface area contributed by atoms with E-state index < -0.39 is 11.6 Å². The summed E-state index contributed by atoms with van der Waals surface area (Å²) >= 11 is 7.82. The van der Waals surface area contributed by atoms with E-state index in [0.717, 1.165) is 30.7 Å². The Labute approximate surface area is 238 Å². The second kappa shape index (κ2) is 9.87. The summed E-state index contributed by atoms with van der Waals surface area (Å²) in [6.45, 7) is 5.14. The maximum absolute atomic E-state index is 16.7. The Kier molecular flexibility index (Phi) is 6.60. The van der Waals surface area contributed by atoms with E-state index in [9.17, 15) is 9.65 Å². The van der Waals surface area contributed by atoms with Crippen LogP contribution >= 0.6 is 22.9 Å². The van der Waals surface area contributed by atoms with E-state index in [1.165, 1.54) is 12.1 Å². The molecule has 2 aromatic carbocycles. The Morgan fingerprint density at radius 1 is 1.27 bits per heavy atom. The molecule has 1 fully saturated rings. The van der Waals surface area contributed by atoms with Crippen LogP contribution in [0.2, 0.25) is 5.02 Å². The van der Waals surface area contributed by atoms with Gasteiger partial charge in [0.05, 0.1) is 26.7 Å². The number of ether oxygens (including phenoxy) is 2. The van der Waals surface area contributed by atoms with Gasteiger partial charge >= 0.3 is 6.01 Å². The van der Waals surface area contributed by atoms with Crippen molar-refractivity contribution >= 4 is 54.7 Å². The molecule has 1 saturated heterocycles. The fraction of sp³-hybridized carbons (Fsp3) is 0.393. The molecule has 0 aliphatic carbocycles. The molecular formula is C28H27ClF2N6O2S. The molecule has 2 N–H and O–H groups in total. The molecule has 2 aromatic heterocycles. The van der Waals surface area contributed by atoms with Crippen LogP contribution in [0.1, 0.15) is 32.3 Å². The molecule has 0 radical (unpaired) electrons. The average Bonchev–Trinajstić information content (AvgIpc) is 3.48. The van der Waals surface area contributed by atoms with Crippen LogP contribution in [-0.4, -0.2) is 60.3 Å². The minimum atomic E-state index is -0.754. The van der Waals surface area contributed by atoms with Crippen LogP contribution in [0.15, 0.2) is 12.1 Å². The van der Waals surface area contributed by atoms with E-state index in [2.05, 4.69) is 16.9 Å². The SMILES string of the molecule is C[C@@H](Oc1nc2c3c(c(Cl)c(-c4ccc(F)c5sc(N)c(C#N)c45)c(F)c3n1)OC[C@H](C)N2C)[C@@H]1CCCN1C. The number of hydrogen-bond donors (Lipinski definition) is 1. The molecule has 208 valence electrons. The van der Waals surface area contributed by atoms with Gasteiger partial charge in [0.25, 0.3) is 0 Å². The van der Waals surface area contributed by atoms with E-state index in [-0.39, 0.29) is 78.9 Å². The molecule has 8 nitrogen and oxygen atoms in total. The fourth-order valence-electron chi connectivity index (χ4n) is 5.72. The highest BCUT2D eigenvalue weighted by molar-refractivity contribution is 7.23. The van der Waals surface area contributed by atoms with Crippen molar-refractivity contribution in [3.63, 3.8) is 0 Å². The van der Waals surface area contributed by atoms with Crippen LogP contribution in [0.3, 0.4) is 0 Å². The fourth-order valence-corrected chi connectivity index (χ4v) is 7.01. The molecule has 4 heterocycles. The normalized spacial score (nSPS) is 20.0. The summed E-state index contributed by atoms with van der Waals surface area (Å²) in [4.78, 5) is 13.4. The topological polar surface area (TPSA) is 101 Å². The van der Waals surface area contributed by atoms with Crippen molar-refractivity contribution in [3.05, 3.63) is 34.4 Å². The number of aromatic nitrogens is 2. The zero-order valence-corrected chi connectivity index (χ0v) is 24.0. The van der Waals surface area contributed by atoms with Crippen LogP contribution in [0.25, 0.3) is 32.1 Å². The predicted molar refractivity (Wildman–Crippen MR) is 154 cm³/mol. The maximum atomic E-state index is 16.7. The maximum Gasteiger partial charge on any atom is 0.319 e. The molecule has 0 saturated carbocycles. The second-order valence-electron chi connectivity index (χ2n) is 10.4. The molecule has 40 heavy (non-hydrogen) atoms. The number of hydrogen-bond acceptors (Lipinski definition) is 9. The number of thiophene rings is 1. The van der Waals surface area contributed by atoms with Crippen LogP contribution in [0, 0.1) is 23.0 Å². The first-order valence-corrected chi connectivity index (χ1v) is 14.2. The van der Waals surface area contributed by atoms with Crippen LogP contribution in [0.4, 0.5) is 19.6 Å². The second-order valence-corrected chi connectivity index (χ2v) is 11.9. The minimum absolute atomic E-state index is 0.0199. The Morgan fingerprint density at radius 2 is 2.05 bits per heavy atom. The van der Waals surface area contributed by atoms with Gasteiger partial charge in [0.15, 0.2) is 11.6 Å². The van der Waals surface area contributed by atoms with Gasteiger partial charge < -0.3 is 20.1 Å². The summed E-state index contributed by atoms with van der Waals surface area (Å²) in [6.07, 6.45) is 1.81. The first kappa shape index (κ1) is 26.7. The summed E-state index contributed by atoms with van der Waals surface area (Å²) in [7, 11) is 3.90. The van der Waals surface area contributed by atoms with Crippen molar-refractivity contribution in [2.45, 2.75) is 44.9 Å². The Morgan fingerprint density at radius 3 is 2.75 bits per heavy atom. The largest absolute Gasteiger partial charge is 0.489 e. The molecule has 6 rings (SSSR count). The molecule has 2 aliphatic heterocycles. The molecule has 2 aliphatic rings. The molecule has 0 bridgehead atoms. The minimum Gasteiger partial charge on any atom is -0.489 e. The Hall–Kier alpha value is -3.46. The molecule has 0 amide bonds. The van der Waals surface area contributed by atoms with Gasteiger partial charge in [0.1, 0.15) is 40.9 Å².